The first-order valence-electron chi connectivity index (χ1n) is 16.2. The molecule has 236 valence electrons. The van der Waals surface area contributed by atoms with Crippen LogP contribution < -0.4 is 33.3 Å². The Morgan fingerprint density at radius 2 is 1.43 bits per heavy atom. The van der Waals surface area contributed by atoms with Gasteiger partial charge in [0.25, 0.3) is 5.91 Å². The minimum Gasteiger partial charge on any atom is -1.00 e. The number of amides is 2. The van der Waals surface area contributed by atoms with Crippen molar-refractivity contribution in [2.75, 3.05) is 13.2 Å². The van der Waals surface area contributed by atoms with Gasteiger partial charge in [0.2, 0.25) is 5.91 Å². The van der Waals surface area contributed by atoms with Crippen molar-refractivity contribution in [2.24, 2.45) is 7.05 Å². The lowest BCUT2D eigenvalue weighted by molar-refractivity contribution is -0.679. The van der Waals surface area contributed by atoms with Gasteiger partial charge in [-0.25, -0.2) is 4.57 Å². The molecule has 2 rings (SSSR count). The molecule has 5 nitrogen and oxygen atoms in total. The Balaban J connectivity index is 0.00000882. The predicted molar refractivity (Wildman–Crippen MR) is 169 cm³/mol. The summed E-state index contributed by atoms with van der Waals surface area (Å²) < 4.78 is 8.30. The highest BCUT2D eigenvalue weighted by atomic mass is 127. The van der Waals surface area contributed by atoms with Crippen LogP contribution in [0.5, 0.6) is 5.75 Å². The molecule has 0 aliphatic heterocycles. The number of hydrogen-bond donors (Lipinski definition) is 0. The number of rotatable bonds is 19. The second kappa shape index (κ2) is 20.9. The van der Waals surface area contributed by atoms with E-state index in [0.717, 1.165) is 30.6 Å². The summed E-state index contributed by atoms with van der Waals surface area (Å²) in [5, 5.41) is 0. The number of nitrogens with zero attached hydrogens (tertiary/aromatic N) is 2. The molecular weight excluding hydrogens is 635 g/mol. The first-order chi connectivity index (χ1) is 19.6. The van der Waals surface area contributed by atoms with Gasteiger partial charge in [0.1, 0.15) is 12.8 Å². The molecule has 0 atom stereocenters. The van der Waals surface area contributed by atoms with E-state index in [0.29, 0.717) is 18.7 Å². The Morgan fingerprint density at radius 3 is 1.98 bits per heavy atom. The van der Waals surface area contributed by atoms with E-state index in [1.807, 2.05) is 43.6 Å². The van der Waals surface area contributed by atoms with Crippen molar-refractivity contribution >= 4 is 11.8 Å². The molecular formula is C36H57IN2O3. The van der Waals surface area contributed by atoms with Gasteiger partial charge in [-0.3, -0.25) is 14.5 Å². The van der Waals surface area contributed by atoms with Crippen LogP contribution in [0.15, 0.2) is 42.6 Å². The summed E-state index contributed by atoms with van der Waals surface area (Å²) in [4.78, 5) is 27.2. The van der Waals surface area contributed by atoms with Gasteiger partial charge in [-0.15, -0.1) is 0 Å². The van der Waals surface area contributed by atoms with Crippen LogP contribution in [0.2, 0.25) is 0 Å². The van der Waals surface area contributed by atoms with E-state index in [1.165, 1.54) is 88.1 Å². The molecule has 0 radical (unpaired) electrons. The molecule has 6 heteroatoms. The maximum absolute atomic E-state index is 13.4. The zero-order chi connectivity index (χ0) is 30.1. The standard InChI is InChI=1S/C36H57N2O3.HI/c1-7-8-9-10-11-12-13-14-15-16-17-20-28-41-34-25-24-31(29-33(34)36(3,4)5)35(40)38(30(2)39)27-21-23-32-22-18-19-26-37(32)6;/h18-19,22,24-26,29H,7-17,20-21,23,27-28H2,1-6H3;1H/q+1;/p-1. The topological polar surface area (TPSA) is 50.5 Å². The molecule has 2 amide bonds. The number of pyridine rings is 1. The third-order valence-electron chi connectivity index (χ3n) is 7.89. The summed E-state index contributed by atoms with van der Waals surface area (Å²) in [7, 11) is 2.01. The zero-order valence-corrected chi connectivity index (χ0v) is 29.5. The van der Waals surface area contributed by atoms with Crippen molar-refractivity contribution in [1.29, 1.82) is 0 Å². The molecule has 0 N–H and O–H groups in total. The van der Waals surface area contributed by atoms with Gasteiger partial charge in [0.05, 0.1) is 6.61 Å². The average Bonchev–Trinajstić information content (AvgIpc) is 2.93. The van der Waals surface area contributed by atoms with Crippen LogP contribution in [0.25, 0.3) is 0 Å². The Kier molecular flexibility index (Phi) is 18.9. The molecule has 0 saturated heterocycles. The maximum atomic E-state index is 13.4. The van der Waals surface area contributed by atoms with E-state index in [-0.39, 0.29) is 41.2 Å². The third-order valence-corrected chi connectivity index (χ3v) is 7.89. The molecule has 0 saturated carbocycles. The van der Waals surface area contributed by atoms with Crippen molar-refractivity contribution in [3.63, 3.8) is 0 Å². The van der Waals surface area contributed by atoms with Crippen molar-refractivity contribution in [3.05, 3.63) is 59.4 Å². The number of carbonyl (C=O) groups is 2. The highest BCUT2D eigenvalue weighted by Gasteiger charge is 2.25. The van der Waals surface area contributed by atoms with E-state index in [9.17, 15) is 9.59 Å². The molecule has 1 heterocycles. The smallest absolute Gasteiger partial charge is 0.260 e. The fraction of sp³-hybridized carbons (Fsp3) is 0.639. The van der Waals surface area contributed by atoms with Crippen LogP contribution >= 0.6 is 0 Å². The maximum Gasteiger partial charge on any atom is 0.260 e. The van der Waals surface area contributed by atoms with Gasteiger partial charge in [0.15, 0.2) is 11.9 Å². The highest BCUT2D eigenvalue weighted by molar-refractivity contribution is 6.04. The summed E-state index contributed by atoms with van der Waals surface area (Å²) in [5.74, 6) is 0.369. The first-order valence-corrected chi connectivity index (χ1v) is 16.2. The lowest BCUT2D eigenvalue weighted by Crippen LogP contribution is -3.00. The number of halogens is 1. The molecule has 0 spiro atoms. The molecule has 0 unspecified atom stereocenters. The van der Waals surface area contributed by atoms with Crippen LogP contribution in [0.1, 0.15) is 140 Å². The molecule has 2 aromatic rings. The molecule has 0 bridgehead atoms. The summed E-state index contributed by atoms with van der Waals surface area (Å²) in [6, 6.07) is 11.7. The normalized spacial score (nSPS) is 11.2. The number of hydrogen-bond acceptors (Lipinski definition) is 3. The van der Waals surface area contributed by atoms with Gasteiger partial charge in [-0.1, -0.05) is 104 Å². The number of ether oxygens (including phenoxy) is 1. The molecule has 1 aromatic heterocycles. The quantitative estimate of drug-likeness (QED) is 0.111. The van der Waals surface area contributed by atoms with Gasteiger partial charge >= 0.3 is 0 Å². The van der Waals surface area contributed by atoms with Gasteiger partial charge in [-0.05, 0) is 36.5 Å². The van der Waals surface area contributed by atoms with Crippen LogP contribution in [-0.2, 0) is 23.7 Å². The van der Waals surface area contributed by atoms with Crippen molar-refractivity contribution in [2.45, 2.75) is 130 Å². The van der Waals surface area contributed by atoms with E-state index < -0.39 is 0 Å². The lowest BCUT2D eigenvalue weighted by atomic mass is 9.85. The second-order valence-electron chi connectivity index (χ2n) is 12.6. The minimum absolute atomic E-state index is 0. The fourth-order valence-electron chi connectivity index (χ4n) is 5.29. The number of aryl methyl sites for hydroxylation is 2. The summed E-state index contributed by atoms with van der Waals surface area (Å²) in [6.07, 6.45) is 19.3. The van der Waals surface area contributed by atoms with E-state index in [2.05, 4.69) is 38.3 Å². The number of aromatic nitrogens is 1. The van der Waals surface area contributed by atoms with Crippen LogP contribution in [-0.4, -0.2) is 29.9 Å². The SMILES string of the molecule is CCCCCCCCCCCCCCOc1ccc(C(=O)N(CCCc2cccc[n+]2C)C(C)=O)cc1C(C)(C)C.[I-]. The van der Waals surface area contributed by atoms with Crippen LogP contribution in [0.4, 0.5) is 0 Å². The summed E-state index contributed by atoms with van der Waals surface area (Å²) in [6.45, 7) is 11.2. The van der Waals surface area contributed by atoms with Crippen molar-refractivity contribution in [3.8, 4) is 5.75 Å². The summed E-state index contributed by atoms with van der Waals surface area (Å²) >= 11 is 0. The van der Waals surface area contributed by atoms with Gasteiger partial charge < -0.3 is 28.7 Å². The monoisotopic (exact) mass is 692 g/mol. The number of imide groups is 1. The molecule has 42 heavy (non-hydrogen) atoms. The Labute approximate surface area is 273 Å². The molecule has 0 fully saturated rings. The molecule has 0 aliphatic carbocycles. The Hall–Kier alpha value is -1.96. The van der Waals surface area contributed by atoms with E-state index in [1.54, 1.807) is 0 Å². The van der Waals surface area contributed by atoms with E-state index >= 15 is 0 Å². The molecule has 1 aromatic carbocycles. The number of unbranched alkanes of at least 4 members (excludes halogenated alkanes) is 11. The third kappa shape index (κ3) is 14.0. The predicted octanol–water partition coefficient (Wildman–Crippen LogP) is 5.51. The average molecular weight is 693 g/mol. The van der Waals surface area contributed by atoms with Crippen molar-refractivity contribution in [1.82, 2.24) is 4.90 Å². The zero-order valence-electron chi connectivity index (χ0n) is 27.4. The number of carbonyl (C=O) groups excluding carboxylic acids is 2. The Morgan fingerprint density at radius 1 is 0.833 bits per heavy atom. The van der Waals surface area contributed by atoms with Gasteiger partial charge in [-0.2, -0.15) is 0 Å². The fourth-order valence-corrected chi connectivity index (χ4v) is 5.29. The summed E-state index contributed by atoms with van der Waals surface area (Å²) in [5.41, 5.74) is 2.52. The largest absolute Gasteiger partial charge is 1.00 e. The second-order valence-corrected chi connectivity index (χ2v) is 12.6. The Bertz CT molecular complexity index is 1060. The van der Waals surface area contributed by atoms with Crippen LogP contribution in [0.3, 0.4) is 0 Å². The first kappa shape index (κ1) is 38.1. The van der Waals surface area contributed by atoms with Crippen molar-refractivity contribution < 1.29 is 42.9 Å². The lowest BCUT2D eigenvalue weighted by Gasteiger charge is -2.25. The van der Waals surface area contributed by atoms with Crippen LogP contribution in [0, 0.1) is 0 Å². The highest BCUT2D eigenvalue weighted by Crippen LogP contribution is 2.33. The van der Waals surface area contributed by atoms with Gasteiger partial charge in [0, 0.05) is 43.1 Å². The van der Waals surface area contributed by atoms with E-state index in [4.69, 9.17) is 4.74 Å². The molecule has 0 aliphatic rings. The number of benzene rings is 1. The minimum atomic E-state index is -0.243.